The Morgan fingerprint density at radius 3 is 2.96 bits per heavy atom. The van der Waals surface area contributed by atoms with Gasteiger partial charge in [0.2, 0.25) is 5.91 Å². The fourth-order valence-electron chi connectivity index (χ4n) is 3.84. The molecular formula is C18H31N5O2. The number of nitrogens with zero attached hydrogens (tertiary/aromatic N) is 4. The number of ether oxygens (including phenoxy) is 1. The first-order valence-electron chi connectivity index (χ1n) is 9.78. The van der Waals surface area contributed by atoms with Crippen molar-refractivity contribution in [1.82, 2.24) is 25.0 Å². The van der Waals surface area contributed by atoms with Crippen molar-refractivity contribution in [2.75, 3.05) is 32.8 Å². The lowest BCUT2D eigenvalue weighted by molar-refractivity contribution is -0.146. The fourth-order valence-corrected chi connectivity index (χ4v) is 3.84. The van der Waals surface area contributed by atoms with E-state index in [0.717, 1.165) is 51.0 Å². The van der Waals surface area contributed by atoms with E-state index in [9.17, 15) is 4.79 Å². The maximum atomic E-state index is 13.1. The first-order valence-corrected chi connectivity index (χ1v) is 9.78. The Morgan fingerprint density at radius 1 is 1.28 bits per heavy atom. The van der Waals surface area contributed by atoms with Crippen molar-refractivity contribution in [1.29, 1.82) is 0 Å². The monoisotopic (exact) mass is 349 g/mol. The average Bonchev–Trinajstić information content (AvgIpc) is 3.11. The number of hydrogen-bond acceptors (Lipinski definition) is 5. The number of likely N-dealkylation sites (tertiary alicyclic amines) is 1. The highest BCUT2D eigenvalue weighted by molar-refractivity contribution is 5.82. The summed E-state index contributed by atoms with van der Waals surface area (Å²) in [5.41, 5.74) is 0. The van der Waals surface area contributed by atoms with Gasteiger partial charge < -0.3 is 9.64 Å². The lowest BCUT2D eigenvalue weighted by Crippen LogP contribution is -2.54. The molecule has 3 heterocycles. The minimum atomic E-state index is -0.220. The Bertz CT molecular complexity index is 559. The van der Waals surface area contributed by atoms with Crippen molar-refractivity contribution in [2.45, 2.75) is 64.5 Å². The third-order valence-corrected chi connectivity index (χ3v) is 5.11. The van der Waals surface area contributed by atoms with Gasteiger partial charge in [0.15, 0.2) is 5.82 Å². The highest BCUT2D eigenvalue weighted by Crippen LogP contribution is 2.24. The summed E-state index contributed by atoms with van der Waals surface area (Å²) in [5, 5.41) is 7.28. The molecular weight excluding hydrogens is 318 g/mol. The minimum absolute atomic E-state index is 0.0373. The summed E-state index contributed by atoms with van der Waals surface area (Å²) < 4.78 is 5.85. The van der Waals surface area contributed by atoms with E-state index in [0.29, 0.717) is 25.5 Å². The summed E-state index contributed by atoms with van der Waals surface area (Å²) in [4.78, 5) is 22.0. The molecule has 3 rings (SSSR count). The maximum Gasteiger partial charge on any atom is 0.240 e. The van der Waals surface area contributed by atoms with Crippen LogP contribution >= 0.6 is 0 Å². The predicted octanol–water partition coefficient (Wildman–Crippen LogP) is 1.92. The van der Waals surface area contributed by atoms with Gasteiger partial charge in [0.25, 0.3) is 0 Å². The van der Waals surface area contributed by atoms with E-state index in [1.54, 1.807) is 0 Å². The number of carbonyl (C=O) groups excluding carboxylic acids is 1. The maximum absolute atomic E-state index is 13.1. The van der Waals surface area contributed by atoms with Crippen LogP contribution in [0.5, 0.6) is 0 Å². The summed E-state index contributed by atoms with van der Waals surface area (Å²) in [7, 11) is 0. The van der Waals surface area contributed by atoms with E-state index in [-0.39, 0.29) is 18.1 Å². The van der Waals surface area contributed by atoms with Crippen LogP contribution in [0.25, 0.3) is 0 Å². The number of rotatable bonds is 6. The molecule has 2 saturated heterocycles. The van der Waals surface area contributed by atoms with Crippen molar-refractivity contribution < 1.29 is 9.53 Å². The SMILES string of the molecule is CCCc1nc([C@@H]2CN(C(=O)[C@H]3CCCCN3CCC)CCO2)n[nH]1. The van der Waals surface area contributed by atoms with Crippen molar-refractivity contribution in [3.63, 3.8) is 0 Å². The second-order valence-electron chi connectivity index (χ2n) is 7.08. The number of H-pyrrole nitrogens is 1. The molecule has 140 valence electrons. The molecule has 0 bridgehead atoms. The number of carbonyl (C=O) groups is 1. The predicted molar refractivity (Wildman–Crippen MR) is 95.2 cm³/mol. The number of hydrogen-bond donors (Lipinski definition) is 1. The molecule has 0 saturated carbocycles. The zero-order chi connectivity index (χ0) is 17.6. The van der Waals surface area contributed by atoms with E-state index >= 15 is 0 Å². The van der Waals surface area contributed by atoms with E-state index in [2.05, 4.69) is 33.9 Å². The van der Waals surface area contributed by atoms with Crippen molar-refractivity contribution >= 4 is 5.91 Å². The van der Waals surface area contributed by atoms with Gasteiger partial charge in [-0.25, -0.2) is 4.98 Å². The Hall–Kier alpha value is -1.47. The number of amides is 1. The summed E-state index contributed by atoms with van der Waals surface area (Å²) in [6.45, 7) is 8.11. The van der Waals surface area contributed by atoms with E-state index in [1.165, 1.54) is 6.42 Å². The zero-order valence-electron chi connectivity index (χ0n) is 15.5. The molecule has 7 nitrogen and oxygen atoms in total. The van der Waals surface area contributed by atoms with Crippen LogP contribution in [0.2, 0.25) is 0 Å². The first kappa shape index (κ1) is 18.3. The number of morpholine rings is 1. The van der Waals surface area contributed by atoms with Crippen LogP contribution in [0.1, 0.15) is 63.7 Å². The molecule has 1 N–H and O–H groups in total. The average molecular weight is 349 g/mol. The molecule has 0 unspecified atom stereocenters. The number of aromatic amines is 1. The topological polar surface area (TPSA) is 74.3 Å². The third kappa shape index (κ3) is 4.39. The Balaban J connectivity index is 1.64. The molecule has 25 heavy (non-hydrogen) atoms. The molecule has 2 aliphatic rings. The number of aryl methyl sites for hydroxylation is 1. The normalized spacial score (nSPS) is 25.3. The standard InChI is InChI=1S/C18H31N5O2/c1-3-7-16-19-17(21-20-16)15-13-23(11-12-25-15)18(24)14-8-5-6-10-22(14)9-4-2/h14-15H,3-13H2,1-2H3,(H,19,20,21)/t14-,15+/m1/s1. The summed E-state index contributed by atoms with van der Waals surface area (Å²) in [6, 6.07) is 0.0373. The first-order chi connectivity index (χ1) is 12.2. The molecule has 1 amide bonds. The van der Waals surface area contributed by atoms with Crippen molar-refractivity contribution in [3.05, 3.63) is 11.6 Å². The Kier molecular flexibility index (Phi) is 6.42. The van der Waals surface area contributed by atoms with Gasteiger partial charge in [0.1, 0.15) is 11.9 Å². The van der Waals surface area contributed by atoms with Crippen molar-refractivity contribution in [2.24, 2.45) is 0 Å². The number of aromatic nitrogens is 3. The lowest BCUT2D eigenvalue weighted by atomic mass is 10.00. The van der Waals surface area contributed by atoms with Gasteiger partial charge in [0.05, 0.1) is 19.2 Å². The highest BCUT2D eigenvalue weighted by Gasteiger charge is 2.35. The van der Waals surface area contributed by atoms with Gasteiger partial charge in [0, 0.05) is 13.0 Å². The van der Waals surface area contributed by atoms with E-state index < -0.39 is 0 Å². The van der Waals surface area contributed by atoms with Crippen LogP contribution in [0.3, 0.4) is 0 Å². The molecule has 1 aromatic heterocycles. The van der Waals surface area contributed by atoms with E-state index in [1.807, 2.05) is 4.90 Å². The molecule has 0 radical (unpaired) electrons. The lowest BCUT2D eigenvalue weighted by Gasteiger charge is -2.39. The molecule has 0 spiro atoms. The third-order valence-electron chi connectivity index (χ3n) is 5.11. The Morgan fingerprint density at radius 2 is 2.16 bits per heavy atom. The van der Waals surface area contributed by atoms with Gasteiger partial charge in [-0.1, -0.05) is 20.3 Å². The van der Waals surface area contributed by atoms with Crippen LogP contribution < -0.4 is 0 Å². The molecule has 0 aliphatic carbocycles. The van der Waals surface area contributed by atoms with Gasteiger partial charge in [-0.05, 0) is 38.8 Å². The van der Waals surface area contributed by atoms with Crippen LogP contribution in [0, 0.1) is 0 Å². The molecule has 2 atom stereocenters. The van der Waals surface area contributed by atoms with Gasteiger partial charge in [-0.2, -0.15) is 5.10 Å². The molecule has 2 fully saturated rings. The molecule has 2 aliphatic heterocycles. The summed E-state index contributed by atoms with van der Waals surface area (Å²) in [6.07, 6.45) is 6.10. The minimum Gasteiger partial charge on any atom is -0.366 e. The summed E-state index contributed by atoms with van der Waals surface area (Å²) in [5.74, 6) is 1.83. The van der Waals surface area contributed by atoms with Crippen LogP contribution in [0.4, 0.5) is 0 Å². The van der Waals surface area contributed by atoms with Gasteiger partial charge in [-0.3, -0.25) is 14.8 Å². The number of piperidine rings is 1. The second-order valence-corrected chi connectivity index (χ2v) is 7.08. The summed E-state index contributed by atoms with van der Waals surface area (Å²) >= 11 is 0. The molecule has 1 aromatic rings. The fraction of sp³-hybridized carbons (Fsp3) is 0.833. The smallest absolute Gasteiger partial charge is 0.240 e. The van der Waals surface area contributed by atoms with Crippen LogP contribution in [0.15, 0.2) is 0 Å². The molecule has 0 aromatic carbocycles. The highest BCUT2D eigenvalue weighted by atomic mass is 16.5. The van der Waals surface area contributed by atoms with E-state index in [4.69, 9.17) is 4.74 Å². The van der Waals surface area contributed by atoms with Gasteiger partial charge >= 0.3 is 0 Å². The van der Waals surface area contributed by atoms with Gasteiger partial charge in [-0.15, -0.1) is 0 Å². The number of nitrogens with one attached hydrogen (secondary N) is 1. The van der Waals surface area contributed by atoms with Crippen LogP contribution in [-0.2, 0) is 16.0 Å². The quantitative estimate of drug-likeness (QED) is 0.849. The second kappa shape index (κ2) is 8.76. The largest absolute Gasteiger partial charge is 0.366 e. The van der Waals surface area contributed by atoms with Crippen LogP contribution in [-0.4, -0.2) is 69.7 Å². The van der Waals surface area contributed by atoms with Crippen molar-refractivity contribution in [3.8, 4) is 0 Å². The molecule has 7 heteroatoms. The Labute approximate surface area is 150 Å². The zero-order valence-corrected chi connectivity index (χ0v) is 15.5.